The van der Waals surface area contributed by atoms with Crippen LogP contribution in [0.3, 0.4) is 0 Å². The maximum Gasteiger partial charge on any atom is 0.314 e. The van der Waals surface area contributed by atoms with E-state index in [2.05, 4.69) is 15.1 Å². The molecule has 0 aliphatic carbocycles. The second-order valence-corrected chi connectivity index (χ2v) is 11.4. The Bertz CT molecular complexity index is 1290. The van der Waals surface area contributed by atoms with Gasteiger partial charge in [-0.2, -0.15) is 8.78 Å². The molecule has 36 heavy (non-hydrogen) atoms. The molecular weight excluding hydrogens is 490 g/mol. The van der Waals surface area contributed by atoms with Crippen LogP contribution in [0.1, 0.15) is 36.3 Å². The molecule has 3 heterocycles. The molecule has 2 aromatic carbocycles. The molecule has 8 nitrogen and oxygen atoms in total. The lowest BCUT2D eigenvalue weighted by molar-refractivity contribution is -0.0695. The lowest BCUT2D eigenvalue weighted by atomic mass is 10.1. The van der Waals surface area contributed by atoms with E-state index in [1.807, 2.05) is 31.2 Å². The summed E-state index contributed by atoms with van der Waals surface area (Å²) in [5, 5.41) is 6.55. The zero-order valence-electron chi connectivity index (χ0n) is 19.9. The summed E-state index contributed by atoms with van der Waals surface area (Å²) >= 11 is 0. The highest BCUT2D eigenvalue weighted by atomic mass is 32.2. The Hall–Kier alpha value is -2.89. The molecule has 0 saturated carbocycles. The number of nitrogens with zero attached hydrogens (tertiary/aromatic N) is 4. The van der Waals surface area contributed by atoms with Gasteiger partial charge in [0.05, 0.1) is 36.7 Å². The standard InChI is InChI=1S/C25H28F2N4O4S/c1-17-3-2-4-20(13-17)31(36(32,33)22-9-11-30(12-10-22)21-15-34-16-21)14-18-5-7-19(8-6-18)24-28-29-25(35-24)23(26)27/h2-8,13,21-23H,9-12,14-16H2,1H3. The smallest absolute Gasteiger partial charge is 0.314 e. The number of benzene rings is 2. The number of hydrogen-bond donors (Lipinski definition) is 0. The molecule has 0 radical (unpaired) electrons. The second kappa shape index (κ2) is 10.2. The van der Waals surface area contributed by atoms with Crippen molar-refractivity contribution in [3.63, 3.8) is 0 Å². The number of aryl methyl sites for hydroxylation is 1. The number of likely N-dealkylation sites (tertiary alicyclic amines) is 1. The van der Waals surface area contributed by atoms with Crippen LogP contribution in [-0.2, 0) is 21.3 Å². The third-order valence-electron chi connectivity index (χ3n) is 6.79. The average Bonchev–Trinajstić information content (AvgIpc) is 3.33. The first-order valence-electron chi connectivity index (χ1n) is 11.9. The van der Waals surface area contributed by atoms with E-state index in [1.54, 1.807) is 24.3 Å². The Balaban J connectivity index is 1.37. The molecule has 11 heteroatoms. The Labute approximate surface area is 208 Å². The second-order valence-electron chi connectivity index (χ2n) is 9.26. The van der Waals surface area contributed by atoms with Crippen molar-refractivity contribution in [3.05, 3.63) is 65.5 Å². The van der Waals surface area contributed by atoms with Crippen LogP contribution in [-0.4, -0.2) is 61.1 Å². The van der Waals surface area contributed by atoms with Crippen molar-refractivity contribution in [1.82, 2.24) is 15.1 Å². The van der Waals surface area contributed by atoms with Gasteiger partial charge in [-0.05, 0) is 68.2 Å². The van der Waals surface area contributed by atoms with E-state index in [9.17, 15) is 17.2 Å². The van der Waals surface area contributed by atoms with E-state index in [1.165, 1.54) is 4.31 Å². The molecule has 2 aliphatic heterocycles. The number of hydrogen-bond acceptors (Lipinski definition) is 7. The monoisotopic (exact) mass is 518 g/mol. The van der Waals surface area contributed by atoms with E-state index < -0.39 is 27.6 Å². The number of alkyl halides is 2. The van der Waals surface area contributed by atoms with Gasteiger partial charge in [0, 0.05) is 5.56 Å². The predicted molar refractivity (Wildman–Crippen MR) is 130 cm³/mol. The molecule has 2 fully saturated rings. The topological polar surface area (TPSA) is 88.8 Å². The summed E-state index contributed by atoms with van der Waals surface area (Å²) in [5.74, 6) is -0.745. The van der Waals surface area contributed by atoms with E-state index in [4.69, 9.17) is 9.15 Å². The fourth-order valence-corrected chi connectivity index (χ4v) is 6.52. The van der Waals surface area contributed by atoms with Gasteiger partial charge in [0.25, 0.3) is 5.89 Å². The van der Waals surface area contributed by atoms with Crippen LogP contribution in [0, 0.1) is 6.92 Å². The summed E-state index contributed by atoms with van der Waals surface area (Å²) in [6.07, 6.45) is -1.69. The van der Waals surface area contributed by atoms with Crippen LogP contribution in [0.4, 0.5) is 14.5 Å². The molecular formula is C25H28F2N4O4S. The first-order chi connectivity index (χ1) is 17.3. The number of halogens is 2. The van der Waals surface area contributed by atoms with E-state index in [-0.39, 0.29) is 12.4 Å². The molecule has 5 rings (SSSR count). The molecule has 192 valence electrons. The molecule has 0 unspecified atom stereocenters. The summed E-state index contributed by atoms with van der Waals surface area (Å²) in [7, 11) is -3.65. The van der Waals surface area contributed by atoms with Gasteiger partial charge >= 0.3 is 6.43 Å². The fourth-order valence-electron chi connectivity index (χ4n) is 4.62. The summed E-state index contributed by atoms with van der Waals surface area (Å²) < 4.78 is 65.1. The quantitative estimate of drug-likeness (QED) is 0.442. The summed E-state index contributed by atoms with van der Waals surface area (Å²) in [4.78, 5) is 2.32. The van der Waals surface area contributed by atoms with Gasteiger partial charge in [0.2, 0.25) is 15.9 Å². The van der Waals surface area contributed by atoms with Crippen LogP contribution >= 0.6 is 0 Å². The van der Waals surface area contributed by atoms with Crippen LogP contribution in [0.2, 0.25) is 0 Å². The lowest BCUT2D eigenvalue weighted by Crippen LogP contribution is -2.54. The number of rotatable bonds is 8. The van der Waals surface area contributed by atoms with Gasteiger partial charge in [-0.1, -0.05) is 24.3 Å². The largest absolute Gasteiger partial charge is 0.415 e. The average molecular weight is 519 g/mol. The Morgan fingerprint density at radius 3 is 2.39 bits per heavy atom. The van der Waals surface area contributed by atoms with Crippen molar-refractivity contribution in [1.29, 1.82) is 0 Å². The Kier molecular flexibility index (Phi) is 7.05. The van der Waals surface area contributed by atoms with E-state index >= 15 is 0 Å². The molecule has 0 amide bonds. The predicted octanol–water partition coefficient (Wildman–Crippen LogP) is 4.18. The van der Waals surface area contributed by atoms with Crippen molar-refractivity contribution >= 4 is 15.7 Å². The molecule has 3 aromatic rings. The first kappa shape index (κ1) is 24.8. The minimum absolute atomic E-state index is 0.0105. The number of anilines is 1. The third-order valence-corrected chi connectivity index (χ3v) is 9.05. The summed E-state index contributed by atoms with van der Waals surface area (Å²) in [6.45, 7) is 4.99. The van der Waals surface area contributed by atoms with Gasteiger partial charge in [-0.25, -0.2) is 8.42 Å². The third kappa shape index (κ3) is 5.14. The van der Waals surface area contributed by atoms with Crippen LogP contribution in [0.15, 0.2) is 52.9 Å². The highest BCUT2D eigenvalue weighted by Gasteiger charge is 2.38. The minimum atomic E-state index is -3.65. The summed E-state index contributed by atoms with van der Waals surface area (Å²) in [5.41, 5.74) is 2.82. The highest BCUT2D eigenvalue weighted by Crippen LogP contribution is 2.30. The number of aromatic nitrogens is 2. The molecule has 2 saturated heterocycles. The molecule has 0 N–H and O–H groups in total. The zero-order chi connectivity index (χ0) is 25.3. The van der Waals surface area contributed by atoms with E-state index in [0.29, 0.717) is 30.1 Å². The van der Waals surface area contributed by atoms with Crippen molar-refractivity contribution in [2.75, 3.05) is 30.6 Å². The van der Waals surface area contributed by atoms with Crippen molar-refractivity contribution in [3.8, 4) is 11.5 Å². The van der Waals surface area contributed by atoms with Crippen LogP contribution in [0.5, 0.6) is 0 Å². The molecule has 0 spiro atoms. The normalized spacial score (nSPS) is 17.9. The Morgan fingerprint density at radius 1 is 1.08 bits per heavy atom. The molecule has 1 aromatic heterocycles. The van der Waals surface area contributed by atoms with Gasteiger partial charge in [-0.3, -0.25) is 9.21 Å². The van der Waals surface area contributed by atoms with Crippen LogP contribution < -0.4 is 4.31 Å². The van der Waals surface area contributed by atoms with Gasteiger partial charge in [0.1, 0.15) is 0 Å². The van der Waals surface area contributed by atoms with Crippen molar-refractivity contribution in [2.45, 2.75) is 44.0 Å². The van der Waals surface area contributed by atoms with E-state index in [0.717, 1.165) is 37.4 Å². The fraction of sp³-hybridized carbons (Fsp3) is 0.440. The van der Waals surface area contributed by atoms with Crippen molar-refractivity contribution in [2.24, 2.45) is 0 Å². The number of piperidine rings is 1. The number of sulfonamides is 1. The molecule has 0 atom stereocenters. The Morgan fingerprint density at radius 2 is 1.81 bits per heavy atom. The van der Waals surface area contributed by atoms with Gasteiger partial charge < -0.3 is 9.15 Å². The summed E-state index contributed by atoms with van der Waals surface area (Å²) in [6, 6.07) is 14.7. The maximum absolute atomic E-state index is 13.9. The van der Waals surface area contributed by atoms with Crippen LogP contribution in [0.25, 0.3) is 11.5 Å². The van der Waals surface area contributed by atoms with Gasteiger partial charge in [-0.15, -0.1) is 10.2 Å². The molecule has 0 bridgehead atoms. The zero-order valence-corrected chi connectivity index (χ0v) is 20.7. The first-order valence-corrected chi connectivity index (χ1v) is 13.4. The van der Waals surface area contributed by atoms with Crippen molar-refractivity contribution < 1.29 is 26.4 Å². The lowest BCUT2D eigenvalue weighted by Gasteiger charge is -2.42. The minimum Gasteiger partial charge on any atom is -0.415 e. The maximum atomic E-state index is 13.9. The highest BCUT2D eigenvalue weighted by molar-refractivity contribution is 7.93. The molecule has 2 aliphatic rings. The number of ether oxygens (including phenoxy) is 1. The SMILES string of the molecule is Cc1cccc(N(Cc2ccc(-c3nnc(C(F)F)o3)cc2)S(=O)(=O)C2CCN(C3COC3)CC2)c1. The van der Waals surface area contributed by atoms with Gasteiger partial charge in [0.15, 0.2) is 0 Å².